The molecule has 0 aliphatic heterocycles. The number of nitrogens with two attached hydrogens (primary N) is 1. The number of nitrogens with zero attached hydrogens (tertiary/aromatic N) is 2. The van der Waals surface area contributed by atoms with E-state index in [1.54, 1.807) is 4.68 Å². The fraction of sp³-hybridized carbons (Fsp3) is 0.182. The van der Waals surface area contributed by atoms with E-state index in [0.717, 1.165) is 16.9 Å². The Bertz CT molecular complexity index is 476. The van der Waals surface area contributed by atoms with Gasteiger partial charge in [-0.1, -0.05) is 17.7 Å². The highest BCUT2D eigenvalue weighted by Gasteiger charge is 2.03. The molecule has 0 atom stereocenters. The minimum Gasteiger partial charge on any atom is -0.325 e. The summed E-state index contributed by atoms with van der Waals surface area (Å²) in [4.78, 5) is 0. The molecule has 0 spiro atoms. The lowest BCUT2D eigenvalue weighted by molar-refractivity contribution is 0.828. The van der Waals surface area contributed by atoms with Gasteiger partial charge in [-0.15, -0.1) is 0 Å². The largest absolute Gasteiger partial charge is 0.325 e. The Hall–Kier alpha value is -1.32. The third kappa shape index (κ3) is 2.03. The standard InChI is InChI=1S/C11H12ClN3/c1-8-2-3-9(12)6-11(8)15-5-4-10(7-13)14-15/h2-6H,7,13H2,1H3. The van der Waals surface area contributed by atoms with Crippen molar-refractivity contribution >= 4 is 11.6 Å². The molecule has 1 aromatic carbocycles. The van der Waals surface area contributed by atoms with Crippen LogP contribution in [0.15, 0.2) is 30.5 Å². The summed E-state index contributed by atoms with van der Waals surface area (Å²) in [5.74, 6) is 0. The highest BCUT2D eigenvalue weighted by Crippen LogP contribution is 2.18. The van der Waals surface area contributed by atoms with Crippen LogP contribution in [0.2, 0.25) is 5.02 Å². The van der Waals surface area contributed by atoms with Crippen molar-refractivity contribution in [3.8, 4) is 5.69 Å². The van der Waals surface area contributed by atoms with Crippen molar-refractivity contribution in [2.45, 2.75) is 13.5 Å². The number of hydrogen-bond donors (Lipinski definition) is 1. The average Bonchev–Trinajstić information content (AvgIpc) is 2.70. The van der Waals surface area contributed by atoms with Crippen LogP contribution in [0.3, 0.4) is 0 Å². The summed E-state index contributed by atoms with van der Waals surface area (Å²) in [6.07, 6.45) is 1.89. The van der Waals surface area contributed by atoms with Crippen LogP contribution in [-0.2, 0) is 6.54 Å². The van der Waals surface area contributed by atoms with E-state index in [-0.39, 0.29) is 0 Å². The summed E-state index contributed by atoms with van der Waals surface area (Å²) in [6.45, 7) is 2.47. The molecule has 78 valence electrons. The van der Waals surface area contributed by atoms with E-state index < -0.39 is 0 Å². The van der Waals surface area contributed by atoms with Crippen LogP contribution in [0.4, 0.5) is 0 Å². The normalized spacial score (nSPS) is 10.6. The van der Waals surface area contributed by atoms with Crippen molar-refractivity contribution < 1.29 is 0 Å². The monoisotopic (exact) mass is 221 g/mol. The predicted octanol–water partition coefficient (Wildman–Crippen LogP) is 2.29. The lowest BCUT2D eigenvalue weighted by Crippen LogP contribution is -2.01. The maximum atomic E-state index is 5.94. The lowest BCUT2D eigenvalue weighted by atomic mass is 10.2. The Morgan fingerprint density at radius 3 is 2.87 bits per heavy atom. The number of rotatable bonds is 2. The maximum absolute atomic E-state index is 5.94. The Kier molecular flexibility index (Phi) is 2.75. The van der Waals surface area contributed by atoms with Crippen LogP contribution in [0.1, 0.15) is 11.3 Å². The van der Waals surface area contributed by atoms with Gasteiger partial charge in [-0.3, -0.25) is 0 Å². The molecule has 0 aliphatic carbocycles. The predicted molar refractivity (Wildman–Crippen MR) is 61.2 cm³/mol. The van der Waals surface area contributed by atoms with Gasteiger partial charge >= 0.3 is 0 Å². The Morgan fingerprint density at radius 1 is 1.40 bits per heavy atom. The SMILES string of the molecule is Cc1ccc(Cl)cc1-n1ccc(CN)n1. The molecule has 2 N–H and O–H groups in total. The van der Waals surface area contributed by atoms with Gasteiger partial charge in [0.25, 0.3) is 0 Å². The number of hydrogen-bond acceptors (Lipinski definition) is 2. The van der Waals surface area contributed by atoms with E-state index >= 15 is 0 Å². The minimum absolute atomic E-state index is 0.451. The number of benzene rings is 1. The summed E-state index contributed by atoms with van der Waals surface area (Å²) in [6, 6.07) is 7.64. The van der Waals surface area contributed by atoms with Crippen LogP contribution in [0.25, 0.3) is 5.69 Å². The molecule has 0 radical (unpaired) electrons. The van der Waals surface area contributed by atoms with Crippen molar-refractivity contribution in [3.63, 3.8) is 0 Å². The Morgan fingerprint density at radius 2 is 2.20 bits per heavy atom. The molecule has 0 aliphatic rings. The minimum atomic E-state index is 0.451. The first-order chi connectivity index (χ1) is 7.20. The molecule has 0 unspecified atom stereocenters. The van der Waals surface area contributed by atoms with Crippen LogP contribution < -0.4 is 5.73 Å². The molecule has 2 aromatic rings. The molecular weight excluding hydrogens is 210 g/mol. The molecule has 0 saturated heterocycles. The molecule has 0 fully saturated rings. The zero-order valence-corrected chi connectivity index (χ0v) is 9.20. The average molecular weight is 222 g/mol. The molecule has 1 aromatic heterocycles. The summed E-state index contributed by atoms with van der Waals surface area (Å²) < 4.78 is 1.80. The van der Waals surface area contributed by atoms with Crippen LogP contribution >= 0.6 is 11.6 Å². The van der Waals surface area contributed by atoms with Crippen LogP contribution in [-0.4, -0.2) is 9.78 Å². The fourth-order valence-electron chi connectivity index (χ4n) is 1.43. The second-order valence-corrected chi connectivity index (χ2v) is 3.82. The maximum Gasteiger partial charge on any atom is 0.0764 e. The summed E-state index contributed by atoms with van der Waals surface area (Å²) in [5, 5.41) is 5.04. The van der Waals surface area contributed by atoms with Gasteiger partial charge in [-0.25, -0.2) is 4.68 Å². The van der Waals surface area contributed by atoms with E-state index in [9.17, 15) is 0 Å². The Labute approximate surface area is 93.5 Å². The van der Waals surface area contributed by atoms with Crippen LogP contribution in [0, 0.1) is 6.92 Å². The smallest absolute Gasteiger partial charge is 0.0764 e. The van der Waals surface area contributed by atoms with Gasteiger partial charge in [0.2, 0.25) is 0 Å². The van der Waals surface area contributed by atoms with Gasteiger partial charge in [0.15, 0.2) is 0 Å². The van der Waals surface area contributed by atoms with Crippen molar-refractivity contribution in [2.75, 3.05) is 0 Å². The van der Waals surface area contributed by atoms with E-state index in [4.69, 9.17) is 17.3 Å². The molecule has 0 saturated carbocycles. The zero-order chi connectivity index (χ0) is 10.8. The van der Waals surface area contributed by atoms with Crippen molar-refractivity contribution in [1.82, 2.24) is 9.78 Å². The number of aromatic nitrogens is 2. The lowest BCUT2D eigenvalue weighted by Gasteiger charge is -2.05. The van der Waals surface area contributed by atoms with Crippen molar-refractivity contribution in [1.29, 1.82) is 0 Å². The topological polar surface area (TPSA) is 43.8 Å². The van der Waals surface area contributed by atoms with Gasteiger partial charge < -0.3 is 5.73 Å². The summed E-state index contributed by atoms with van der Waals surface area (Å²) in [5.41, 5.74) is 8.50. The molecule has 15 heavy (non-hydrogen) atoms. The molecule has 0 amide bonds. The Balaban J connectivity index is 2.48. The first-order valence-electron chi connectivity index (χ1n) is 4.72. The molecule has 2 rings (SSSR count). The number of aryl methyl sites for hydroxylation is 1. The van der Waals surface area contributed by atoms with Gasteiger partial charge in [0.05, 0.1) is 11.4 Å². The van der Waals surface area contributed by atoms with Crippen molar-refractivity contribution in [2.24, 2.45) is 5.73 Å². The molecule has 1 heterocycles. The van der Waals surface area contributed by atoms with Gasteiger partial charge in [-0.05, 0) is 30.7 Å². The molecule has 3 nitrogen and oxygen atoms in total. The molecule has 4 heteroatoms. The summed E-state index contributed by atoms with van der Waals surface area (Å²) in [7, 11) is 0. The highest BCUT2D eigenvalue weighted by atomic mass is 35.5. The van der Waals surface area contributed by atoms with E-state index in [1.165, 1.54) is 0 Å². The van der Waals surface area contributed by atoms with E-state index in [0.29, 0.717) is 11.6 Å². The highest BCUT2D eigenvalue weighted by molar-refractivity contribution is 6.30. The third-order valence-electron chi connectivity index (χ3n) is 2.27. The molecular formula is C11H12ClN3. The van der Waals surface area contributed by atoms with Crippen LogP contribution in [0.5, 0.6) is 0 Å². The quantitative estimate of drug-likeness (QED) is 0.846. The molecule has 0 bridgehead atoms. The first kappa shape index (κ1) is 10.2. The third-order valence-corrected chi connectivity index (χ3v) is 2.51. The first-order valence-corrected chi connectivity index (χ1v) is 5.09. The van der Waals surface area contributed by atoms with Gasteiger partial charge in [-0.2, -0.15) is 5.10 Å². The van der Waals surface area contributed by atoms with E-state index in [2.05, 4.69) is 5.10 Å². The van der Waals surface area contributed by atoms with Gasteiger partial charge in [0, 0.05) is 17.8 Å². The fourth-order valence-corrected chi connectivity index (χ4v) is 1.60. The number of halogens is 1. The van der Waals surface area contributed by atoms with E-state index in [1.807, 2.05) is 37.4 Å². The second kappa shape index (κ2) is 4.04. The summed E-state index contributed by atoms with van der Waals surface area (Å²) >= 11 is 5.94. The van der Waals surface area contributed by atoms with Crippen molar-refractivity contribution in [3.05, 3.63) is 46.7 Å². The van der Waals surface area contributed by atoms with Gasteiger partial charge in [0.1, 0.15) is 0 Å². The second-order valence-electron chi connectivity index (χ2n) is 3.39. The zero-order valence-electron chi connectivity index (χ0n) is 8.44.